The van der Waals surface area contributed by atoms with Crippen molar-refractivity contribution < 1.29 is 9.84 Å². The monoisotopic (exact) mass is 285 g/mol. The maximum atomic E-state index is 9.69. The van der Waals surface area contributed by atoms with Crippen LogP contribution in [0.5, 0.6) is 5.75 Å². The Morgan fingerprint density at radius 3 is 2.56 bits per heavy atom. The zero-order chi connectivity index (χ0) is 12.0. The molecule has 0 spiro atoms. The highest BCUT2D eigenvalue weighted by atomic mass is 79.9. The molecule has 1 heterocycles. The molecule has 1 aromatic heterocycles. The summed E-state index contributed by atoms with van der Waals surface area (Å²) in [5, 5.41) is 9.69. The minimum atomic E-state index is -0.194. The molecule has 0 aliphatic heterocycles. The van der Waals surface area contributed by atoms with E-state index in [4.69, 9.17) is 4.74 Å². The highest BCUT2D eigenvalue weighted by Crippen LogP contribution is 2.66. The maximum absolute atomic E-state index is 9.69. The number of hydrogen-bond donors (Lipinski definition) is 1. The quantitative estimate of drug-likeness (QED) is 0.928. The van der Waals surface area contributed by atoms with E-state index in [0.29, 0.717) is 0 Å². The van der Waals surface area contributed by atoms with Crippen LogP contribution in [0.15, 0.2) is 16.9 Å². The fraction of sp³-hybridized carbons (Fsp3) is 0.583. The summed E-state index contributed by atoms with van der Waals surface area (Å²) in [5.41, 5.74) is 0.955. The molecule has 1 unspecified atom stereocenters. The van der Waals surface area contributed by atoms with E-state index >= 15 is 0 Å². The van der Waals surface area contributed by atoms with Crippen molar-refractivity contribution >= 4 is 15.9 Å². The van der Waals surface area contributed by atoms with Crippen molar-refractivity contribution in [2.45, 2.75) is 25.7 Å². The van der Waals surface area contributed by atoms with Crippen LogP contribution in [-0.2, 0) is 5.41 Å². The third-order valence-corrected chi connectivity index (χ3v) is 4.35. The molecule has 1 fully saturated rings. The highest BCUT2D eigenvalue weighted by molar-refractivity contribution is 9.10. The standard InChI is InChI=1S/C12H16BrNO2/c1-11(2)6-12(11,7-15)10-8(13)4-14-5-9(10)16-3/h4-5,15H,6-7H2,1-3H3. The van der Waals surface area contributed by atoms with Gasteiger partial charge in [0, 0.05) is 21.6 Å². The smallest absolute Gasteiger partial charge is 0.142 e. The average Bonchev–Trinajstić information content (AvgIpc) is 2.81. The van der Waals surface area contributed by atoms with Crippen molar-refractivity contribution in [2.24, 2.45) is 5.41 Å². The molecular weight excluding hydrogens is 270 g/mol. The van der Waals surface area contributed by atoms with Crippen molar-refractivity contribution in [3.63, 3.8) is 0 Å². The van der Waals surface area contributed by atoms with Gasteiger partial charge >= 0.3 is 0 Å². The number of pyridine rings is 1. The van der Waals surface area contributed by atoms with Gasteiger partial charge in [-0.3, -0.25) is 4.98 Å². The number of hydrogen-bond acceptors (Lipinski definition) is 3. The lowest BCUT2D eigenvalue weighted by Gasteiger charge is -2.22. The molecule has 0 aromatic carbocycles. The Morgan fingerprint density at radius 2 is 2.12 bits per heavy atom. The van der Waals surface area contributed by atoms with E-state index in [9.17, 15) is 5.11 Å². The molecule has 1 aromatic rings. The Kier molecular flexibility index (Phi) is 2.75. The first kappa shape index (κ1) is 11.9. The highest BCUT2D eigenvalue weighted by Gasteiger charge is 2.63. The van der Waals surface area contributed by atoms with Crippen molar-refractivity contribution in [1.29, 1.82) is 0 Å². The summed E-state index contributed by atoms with van der Waals surface area (Å²) in [6, 6.07) is 0. The van der Waals surface area contributed by atoms with Crippen LogP contribution in [0.2, 0.25) is 0 Å². The third-order valence-electron chi connectivity index (χ3n) is 3.75. The van der Waals surface area contributed by atoms with Gasteiger partial charge in [0.1, 0.15) is 5.75 Å². The zero-order valence-electron chi connectivity index (χ0n) is 9.75. The van der Waals surface area contributed by atoms with Crippen molar-refractivity contribution in [2.75, 3.05) is 13.7 Å². The van der Waals surface area contributed by atoms with Gasteiger partial charge in [-0.05, 0) is 27.8 Å². The molecule has 0 radical (unpaired) electrons. The second-order valence-corrected chi connectivity index (χ2v) is 5.85. The van der Waals surface area contributed by atoms with E-state index in [0.717, 1.165) is 22.2 Å². The third kappa shape index (κ3) is 1.47. The molecule has 4 heteroatoms. The van der Waals surface area contributed by atoms with Gasteiger partial charge < -0.3 is 9.84 Å². The molecule has 0 amide bonds. The Labute approximate surface area is 104 Å². The van der Waals surface area contributed by atoms with Crippen LogP contribution in [-0.4, -0.2) is 23.8 Å². The Morgan fingerprint density at radius 1 is 1.50 bits per heavy atom. The van der Waals surface area contributed by atoms with E-state index in [1.165, 1.54) is 0 Å². The summed E-state index contributed by atoms with van der Waals surface area (Å²) < 4.78 is 6.25. The van der Waals surface area contributed by atoms with Gasteiger partial charge in [0.05, 0.1) is 19.9 Å². The molecule has 1 atom stereocenters. The van der Waals surface area contributed by atoms with Crippen molar-refractivity contribution in [3.8, 4) is 5.75 Å². The van der Waals surface area contributed by atoms with Crippen LogP contribution in [0.3, 0.4) is 0 Å². The Balaban J connectivity index is 2.56. The Bertz CT molecular complexity index is 419. The summed E-state index contributed by atoms with van der Waals surface area (Å²) in [7, 11) is 1.63. The lowest BCUT2D eigenvalue weighted by molar-refractivity contribution is 0.227. The van der Waals surface area contributed by atoms with Crippen LogP contribution >= 0.6 is 15.9 Å². The van der Waals surface area contributed by atoms with E-state index in [2.05, 4.69) is 34.8 Å². The van der Waals surface area contributed by atoms with Crippen LogP contribution in [0.4, 0.5) is 0 Å². The topological polar surface area (TPSA) is 42.4 Å². The average molecular weight is 286 g/mol. The van der Waals surface area contributed by atoms with Gasteiger partial charge in [-0.15, -0.1) is 0 Å². The first-order valence-electron chi connectivity index (χ1n) is 5.27. The van der Waals surface area contributed by atoms with Gasteiger partial charge in [-0.1, -0.05) is 13.8 Å². The van der Waals surface area contributed by atoms with E-state index in [1.807, 2.05) is 0 Å². The number of ether oxygens (including phenoxy) is 1. The molecule has 0 saturated heterocycles. The molecule has 1 N–H and O–H groups in total. The second kappa shape index (κ2) is 3.70. The fourth-order valence-corrected chi connectivity index (χ4v) is 3.22. The molecule has 0 bridgehead atoms. The first-order valence-corrected chi connectivity index (χ1v) is 6.06. The number of methoxy groups -OCH3 is 1. The SMILES string of the molecule is COc1cncc(Br)c1C1(CO)CC1(C)C. The fourth-order valence-electron chi connectivity index (χ4n) is 2.52. The number of aliphatic hydroxyl groups is 1. The largest absolute Gasteiger partial charge is 0.495 e. The number of nitrogens with zero attached hydrogens (tertiary/aromatic N) is 1. The number of halogens is 1. The predicted octanol–water partition coefficient (Wildman–Crippen LogP) is 2.51. The zero-order valence-corrected chi connectivity index (χ0v) is 11.3. The predicted molar refractivity (Wildman–Crippen MR) is 65.7 cm³/mol. The summed E-state index contributed by atoms with van der Waals surface area (Å²) in [6.07, 6.45) is 4.42. The first-order chi connectivity index (χ1) is 7.48. The lowest BCUT2D eigenvalue weighted by Crippen LogP contribution is -2.21. The summed E-state index contributed by atoms with van der Waals surface area (Å²) in [4.78, 5) is 4.09. The minimum absolute atomic E-state index is 0.110. The van der Waals surface area contributed by atoms with Crippen molar-refractivity contribution in [1.82, 2.24) is 4.98 Å². The van der Waals surface area contributed by atoms with Crippen LogP contribution in [0.1, 0.15) is 25.8 Å². The van der Waals surface area contributed by atoms with Gasteiger partial charge in [-0.25, -0.2) is 0 Å². The molecule has 2 rings (SSSR count). The molecule has 88 valence electrons. The van der Waals surface area contributed by atoms with Gasteiger partial charge in [-0.2, -0.15) is 0 Å². The molecular formula is C12H16BrNO2. The number of aromatic nitrogens is 1. The number of rotatable bonds is 3. The normalized spacial score (nSPS) is 26.6. The van der Waals surface area contributed by atoms with Gasteiger partial charge in [0.2, 0.25) is 0 Å². The maximum Gasteiger partial charge on any atom is 0.142 e. The molecule has 16 heavy (non-hydrogen) atoms. The summed E-state index contributed by atoms with van der Waals surface area (Å²) in [6.45, 7) is 4.46. The summed E-state index contributed by atoms with van der Waals surface area (Å²) in [5.74, 6) is 0.744. The lowest BCUT2D eigenvalue weighted by atomic mass is 9.89. The van der Waals surface area contributed by atoms with Crippen molar-refractivity contribution in [3.05, 3.63) is 22.4 Å². The van der Waals surface area contributed by atoms with Gasteiger partial charge in [0.25, 0.3) is 0 Å². The number of aliphatic hydroxyl groups excluding tert-OH is 1. The van der Waals surface area contributed by atoms with Crippen LogP contribution < -0.4 is 4.74 Å². The summed E-state index contributed by atoms with van der Waals surface area (Å²) >= 11 is 3.50. The van der Waals surface area contributed by atoms with E-state index < -0.39 is 0 Å². The van der Waals surface area contributed by atoms with E-state index in [-0.39, 0.29) is 17.4 Å². The van der Waals surface area contributed by atoms with Gasteiger partial charge in [0.15, 0.2) is 0 Å². The molecule has 1 saturated carbocycles. The van der Waals surface area contributed by atoms with E-state index in [1.54, 1.807) is 19.5 Å². The van der Waals surface area contributed by atoms with Crippen LogP contribution in [0, 0.1) is 5.41 Å². The Hall–Kier alpha value is -0.610. The minimum Gasteiger partial charge on any atom is -0.495 e. The second-order valence-electron chi connectivity index (χ2n) is 5.00. The molecule has 1 aliphatic carbocycles. The molecule has 1 aliphatic rings. The van der Waals surface area contributed by atoms with Crippen LogP contribution in [0.25, 0.3) is 0 Å². The molecule has 3 nitrogen and oxygen atoms in total.